The zero-order valence-electron chi connectivity index (χ0n) is 25.0. The third-order valence-corrected chi connectivity index (χ3v) is 7.03. The minimum absolute atomic E-state index is 0.0372. The van der Waals surface area contributed by atoms with Crippen LogP contribution in [-0.2, 0) is 32.1 Å². The van der Waals surface area contributed by atoms with E-state index in [1.54, 1.807) is 6.92 Å². The molecule has 220 valence electrons. The molecular formula is C33H49N3O4. The Kier molecular flexibility index (Phi) is 14.2. The molecule has 0 saturated heterocycles. The molecule has 0 saturated carbocycles. The van der Waals surface area contributed by atoms with Crippen LogP contribution in [0.2, 0.25) is 0 Å². The van der Waals surface area contributed by atoms with Crippen molar-refractivity contribution in [1.82, 2.24) is 10.6 Å². The molecular weight excluding hydrogens is 502 g/mol. The summed E-state index contributed by atoms with van der Waals surface area (Å²) in [5, 5.41) is 6.25. The van der Waals surface area contributed by atoms with Crippen LogP contribution < -0.4 is 16.4 Å². The predicted octanol–water partition coefficient (Wildman–Crippen LogP) is 4.76. The van der Waals surface area contributed by atoms with Gasteiger partial charge >= 0.3 is 0 Å². The van der Waals surface area contributed by atoms with Crippen LogP contribution >= 0.6 is 0 Å². The summed E-state index contributed by atoms with van der Waals surface area (Å²) in [4.78, 5) is 38.2. The maximum Gasteiger partial charge on any atom is 0.237 e. The van der Waals surface area contributed by atoms with E-state index in [1.165, 1.54) is 0 Å². The first kappa shape index (κ1) is 33.3. The predicted molar refractivity (Wildman–Crippen MR) is 161 cm³/mol. The fraction of sp³-hybridized carbons (Fsp3) is 0.545. The van der Waals surface area contributed by atoms with Crippen LogP contribution in [0.25, 0.3) is 0 Å². The molecule has 2 aromatic carbocycles. The number of benzene rings is 2. The van der Waals surface area contributed by atoms with Crippen molar-refractivity contribution in [3.63, 3.8) is 0 Å². The summed E-state index contributed by atoms with van der Waals surface area (Å²) in [6.45, 7) is 10.2. The lowest BCUT2D eigenvalue weighted by molar-refractivity contribution is -0.130. The number of hydrogen-bond acceptors (Lipinski definition) is 6. The van der Waals surface area contributed by atoms with Gasteiger partial charge < -0.3 is 15.8 Å². The van der Waals surface area contributed by atoms with Crippen molar-refractivity contribution in [2.45, 2.75) is 104 Å². The van der Waals surface area contributed by atoms with E-state index in [0.717, 1.165) is 36.8 Å². The van der Waals surface area contributed by atoms with E-state index in [2.05, 4.69) is 10.6 Å². The fourth-order valence-electron chi connectivity index (χ4n) is 4.56. The molecule has 0 aliphatic carbocycles. The van der Waals surface area contributed by atoms with E-state index in [0.29, 0.717) is 19.4 Å². The lowest BCUT2D eigenvalue weighted by atomic mass is 9.85. The molecule has 40 heavy (non-hydrogen) atoms. The molecule has 7 heteroatoms. The molecule has 0 radical (unpaired) electrons. The second-order valence-corrected chi connectivity index (χ2v) is 11.9. The molecule has 7 nitrogen and oxygen atoms in total. The molecule has 0 heterocycles. The largest absolute Gasteiger partial charge is 0.366 e. The van der Waals surface area contributed by atoms with Crippen molar-refractivity contribution in [1.29, 1.82) is 0 Å². The topological polar surface area (TPSA) is 111 Å². The van der Waals surface area contributed by atoms with Gasteiger partial charge in [-0.05, 0) is 49.7 Å². The molecule has 4 unspecified atom stereocenters. The molecule has 0 aliphatic rings. The van der Waals surface area contributed by atoms with E-state index < -0.39 is 18.2 Å². The third kappa shape index (κ3) is 12.5. The molecule has 2 rings (SSSR count). The molecule has 1 amide bonds. The van der Waals surface area contributed by atoms with Gasteiger partial charge in [-0.1, -0.05) is 94.3 Å². The highest BCUT2D eigenvalue weighted by atomic mass is 16.5. The van der Waals surface area contributed by atoms with Gasteiger partial charge in [0.15, 0.2) is 11.6 Å². The Hall–Kier alpha value is -2.87. The molecule has 0 bridgehead atoms. The van der Waals surface area contributed by atoms with Crippen molar-refractivity contribution < 1.29 is 19.1 Å². The van der Waals surface area contributed by atoms with Crippen LogP contribution in [0.4, 0.5) is 0 Å². The van der Waals surface area contributed by atoms with Crippen molar-refractivity contribution in [3.8, 4) is 0 Å². The monoisotopic (exact) mass is 551 g/mol. The van der Waals surface area contributed by atoms with Gasteiger partial charge in [0, 0.05) is 12.5 Å². The van der Waals surface area contributed by atoms with Crippen molar-refractivity contribution in [2.24, 2.45) is 11.1 Å². The van der Waals surface area contributed by atoms with E-state index in [4.69, 9.17) is 10.5 Å². The van der Waals surface area contributed by atoms with Gasteiger partial charge in [-0.25, -0.2) is 0 Å². The van der Waals surface area contributed by atoms with Crippen LogP contribution in [0.5, 0.6) is 0 Å². The van der Waals surface area contributed by atoms with Gasteiger partial charge in [0.05, 0.1) is 25.2 Å². The summed E-state index contributed by atoms with van der Waals surface area (Å²) in [7, 11) is 0. The van der Waals surface area contributed by atoms with Gasteiger partial charge in [0.25, 0.3) is 0 Å². The summed E-state index contributed by atoms with van der Waals surface area (Å²) in [6.07, 6.45) is 3.62. The average Bonchev–Trinajstić information content (AvgIpc) is 2.91. The van der Waals surface area contributed by atoms with Crippen molar-refractivity contribution in [3.05, 3.63) is 71.8 Å². The Balaban J connectivity index is 1.67. The Morgan fingerprint density at radius 2 is 1.45 bits per heavy atom. The van der Waals surface area contributed by atoms with Gasteiger partial charge in [-0.3, -0.25) is 19.7 Å². The Morgan fingerprint density at radius 1 is 0.850 bits per heavy atom. The first-order valence-electron chi connectivity index (χ1n) is 14.5. The summed E-state index contributed by atoms with van der Waals surface area (Å²) in [5.41, 5.74) is 7.99. The number of unbranched alkanes of at least 4 members (excludes halogenated alkanes) is 2. The fourth-order valence-corrected chi connectivity index (χ4v) is 4.56. The number of rotatable bonds is 18. The maximum atomic E-state index is 13.1. The second kappa shape index (κ2) is 17.1. The first-order chi connectivity index (χ1) is 19.0. The number of carbonyl (C=O) groups is 3. The van der Waals surface area contributed by atoms with E-state index >= 15 is 0 Å². The molecule has 0 spiro atoms. The minimum atomic E-state index is -0.600. The van der Waals surface area contributed by atoms with Crippen LogP contribution in [0.3, 0.4) is 0 Å². The number of Topliss-reactive ketones (excluding diaryl/α,β-unsaturated/α-hetero) is 2. The lowest BCUT2D eigenvalue weighted by Crippen LogP contribution is -2.55. The second-order valence-electron chi connectivity index (χ2n) is 11.9. The summed E-state index contributed by atoms with van der Waals surface area (Å²) in [6, 6.07) is 18.7. The molecule has 4 N–H and O–H groups in total. The van der Waals surface area contributed by atoms with Crippen LogP contribution in [-0.4, -0.2) is 48.2 Å². The Bertz CT molecular complexity index is 1040. The van der Waals surface area contributed by atoms with Crippen molar-refractivity contribution in [2.75, 3.05) is 6.54 Å². The van der Waals surface area contributed by atoms with Crippen LogP contribution in [0, 0.1) is 5.41 Å². The third-order valence-electron chi connectivity index (χ3n) is 7.03. The SMILES string of the molecule is CC(Cc1ccccc1)NC(=O)C(NCC(=O)C(N)CCCCCC(=O)C(C)OCc1ccccc1)C(C)(C)C. The normalized spacial score (nSPS) is 14.7. The Labute approximate surface area is 240 Å². The molecule has 0 aromatic heterocycles. The number of amides is 1. The number of nitrogens with two attached hydrogens (primary N) is 1. The van der Waals surface area contributed by atoms with Gasteiger partial charge in [-0.2, -0.15) is 0 Å². The van der Waals surface area contributed by atoms with Gasteiger partial charge in [0.1, 0.15) is 6.10 Å². The zero-order valence-corrected chi connectivity index (χ0v) is 25.0. The molecule has 4 atom stereocenters. The number of nitrogens with one attached hydrogen (secondary N) is 2. The molecule has 2 aromatic rings. The number of ketones is 2. The van der Waals surface area contributed by atoms with E-state index in [9.17, 15) is 14.4 Å². The van der Waals surface area contributed by atoms with Crippen LogP contribution in [0.1, 0.15) is 77.8 Å². The number of ether oxygens (including phenoxy) is 1. The van der Waals surface area contributed by atoms with E-state index in [1.807, 2.05) is 88.4 Å². The summed E-state index contributed by atoms with van der Waals surface area (Å²) < 4.78 is 5.70. The molecule has 0 aliphatic heterocycles. The van der Waals surface area contributed by atoms with Crippen LogP contribution in [0.15, 0.2) is 60.7 Å². The highest BCUT2D eigenvalue weighted by Gasteiger charge is 2.32. The average molecular weight is 552 g/mol. The smallest absolute Gasteiger partial charge is 0.237 e. The highest BCUT2D eigenvalue weighted by Crippen LogP contribution is 2.20. The maximum absolute atomic E-state index is 13.1. The molecule has 0 fully saturated rings. The Morgan fingerprint density at radius 3 is 2.05 bits per heavy atom. The standard InChI is InChI=1S/C33H49N3O4/c1-24(21-26-15-9-6-10-16-26)36-32(39)31(33(3,4)5)35-22-30(38)28(34)19-13-8-14-20-29(37)25(2)40-23-27-17-11-7-12-18-27/h6-7,9-12,15-18,24-25,28,31,35H,8,13-14,19-23,34H2,1-5H3,(H,36,39). The van der Waals surface area contributed by atoms with Crippen molar-refractivity contribution >= 4 is 17.5 Å². The first-order valence-corrected chi connectivity index (χ1v) is 14.5. The summed E-state index contributed by atoms with van der Waals surface area (Å²) in [5.74, 6) is -0.146. The van der Waals surface area contributed by atoms with Gasteiger partial charge in [-0.15, -0.1) is 0 Å². The lowest BCUT2D eigenvalue weighted by Gasteiger charge is -2.31. The van der Waals surface area contributed by atoms with Gasteiger partial charge in [0.2, 0.25) is 5.91 Å². The quantitative estimate of drug-likeness (QED) is 0.231. The van der Waals surface area contributed by atoms with E-state index in [-0.39, 0.29) is 35.5 Å². The highest BCUT2D eigenvalue weighted by molar-refractivity contribution is 5.87. The zero-order chi connectivity index (χ0) is 29.5. The number of hydrogen-bond donors (Lipinski definition) is 3. The summed E-state index contributed by atoms with van der Waals surface area (Å²) >= 11 is 0. The minimum Gasteiger partial charge on any atom is -0.366 e. The number of carbonyl (C=O) groups excluding carboxylic acids is 3.